The summed E-state index contributed by atoms with van der Waals surface area (Å²) in [6.07, 6.45) is 0. The van der Waals surface area contributed by atoms with E-state index in [2.05, 4.69) is 22.8 Å². The molecule has 100 valence electrons. The molecule has 1 saturated heterocycles. The molecule has 1 fully saturated rings. The Labute approximate surface area is 114 Å². The molecule has 1 heterocycles. The van der Waals surface area contributed by atoms with E-state index in [0.717, 1.165) is 37.7 Å². The standard InChI is InChI=1S/C14H21ClN2O/c1-12(13-3-2-4-14(15)11-13)17-7-5-16(6-8-17)9-10-18/h2-4,11-12,18H,5-10H2,1H3. The lowest BCUT2D eigenvalue weighted by molar-refractivity contribution is 0.0888. The van der Waals surface area contributed by atoms with Crippen molar-refractivity contribution in [2.24, 2.45) is 0 Å². The predicted octanol–water partition coefficient (Wildman–Crippen LogP) is 2.01. The van der Waals surface area contributed by atoms with Gasteiger partial charge in [-0.3, -0.25) is 9.80 Å². The third kappa shape index (κ3) is 3.45. The molecule has 0 aromatic heterocycles. The van der Waals surface area contributed by atoms with Crippen LogP contribution in [0.2, 0.25) is 5.02 Å². The van der Waals surface area contributed by atoms with Gasteiger partial charge >= 0.3 is 0 Å². The SMILES string of the molecule is CC(c1cccc(Cl)c1)N1CCN(CCO)CC1. The maximum absolute atomic E-state index is 8.93. The van der Waals surface area contributed by atoms with Gasteiger partial charge in [-0.1, -0.05) is 23.7 Å². The lowest BCUT2D eigenvalue weighted by atomic mass is 10.1. The molecule has 1 unspecified atom stereocenters. The molecule has 3 nitrogen and oxygen atoms in total. The monoisotopic (exact) mass is 268 g/mol. The van der Waals surface area contributed by atoms with Gasteiger partial charge in [-0.2, -0.15) is 0 Å². The third-order valence-corrected chi connectivity index (χ3v) is 3.94. The van der Waals surface area contributed by atoms with Crippen LogP contribution >= 0.6 is 11.6 Å². The van der Waals surface area contributed by atoms with E-state index in [1.807, 2.05) is 18.2 Å². The summed E-state index contributed by atoms with van der Waals surface area (Å²) in [5.74, 6) is 0. The summed E-state index contributed by atoms with van der Waals surface area (Å²) in [5, 5.41) is 9.74. The van der Waals surface area contributed by atoms with Gasteiger partial charge in [0, 0.05) is 43.8 Å². The van der Waals surface area contributed by atoms with E-state index in [4.69, 9.17) is 16.7 Å². The summed E-state index contributed by atoms with van der Waals surface area (Å²) in [5.41, 5.74) is 1.28. The number of rotatable bonds is 4. The Balaban J connectivity index is 1.93. The molecule has 0 spiro atoms. The number of aliphatic hydroxyl groups is 1. The largest absolute Gasteiger partial charge is 0.395 e. The molecule has 0 bridgehead atoms. The summed E-state index contributed by atoms with van der Waals surface area (Å²) in [7, 11) is 0. The van der Waals surface area contributed by atoms with E-state index in [0.29, 0.717) is 6.04 Å². The number of halogens is 1. The molecule has 0 aliphatic carbocycles. The van der Waals surface area contributed by atoms with E-state index < -0.39 is 0 Å². The van der Waals surface area contributed by atoms with E-state index in [9.17, 15) is 0 Å². The second-order valence-corrected chi connectivity index (χ2v) is 5.27. The molecule has 18 heavy (non-hydrogen) atoms. The fraction of sp³-hybridized carbons (Fsp3) is 0.571. The van der Waals surface area contributed by atoms with E-state index in [1.165, 1.54) is 5.56 Å². The van der Waals surface area contributed by atoms with Crippen LogP contribution in [0.15, 0.2) is 24.3 Å². The number of β-amino-alcohol motifs (C(OH)–C–C–N with tert-alkyl or cyclic N) is 1. The molecule has 0 radical (unpaired) electrons. The first-order valence-electron chi connectivity index (χ1n) is 6.53. The first kappa shape index (κ1) is 13.8. The van der Waals surface area contributed by atoms with Crippen LogP contribution in [0.4, 0.5) is 0 Å². The summed E-state index contributed by atoms with van der Waals surface area (Å²) in [4.78, 5) is 4.78. The minimum atomic E-state index is 0.254. The van der Waals surface area contributed by atoms with Crippen molar-refractivity contribution in [2.45, 2.75) is 13.0 Å². The Morgan fingerprint density at radius 1 is 1.28 bits per heavy atom. The Bertz CT molecular complexity index is 378. The van der Waals surface area contributed by atoms with Gasteiger partial charge < -0.3 is 5.11 Å². The maximum Gasteiger partial charge on any atom is 0.0558 e. The smallest absolute Gasteiger partial charge is 0.0558 e. The summed E-state index contributed by atoms with van der Waals surface area (Å²) in [6, 6.07) is 8.51. The molecule has 1 N–H and O–H groups in total. The molecule has 1 aromatic rings. The molecule has 1 aliphatic rings. The topological polar surface area (TPSA) is 26.7 Å². The van der Waals surface area contributed by atoms with Gasteiger partial charge in [-0.05, 0) is 24.6 Å². The van der Waals surface area contributed by atoms with Crippen LogP contribution in [-0.4, -0.2) is 54.2 Å². The van der Waals surface area contributed by atoms with E-state index in [-0.39, 0.29) is 6.61 Å². The second kappa shape index (κ2) is 6.53. The van der Waals surface area contributed by atoms with Gasteiger partial charge in [0.2, 0.25) is 0 Å². The molecular formula is C14H21ClN2O. The fourth-order valence-corrected chi connectivity index (χ4v) is 2.69. The number of piperazine rings is 1. The summed E-state index contributed by atoms with van der Waals surface area (Å²) >= 11 is 6.04. The zero-order valence-electron chi connectivity index (χ0n) is 10.8. The first-order valence-corrected chi connectivity index (χ1v) is 6.91. The van der Waals surface area contributed by atoms with Crippen LogP contribution in [0.5, 0.6) is 0 Å². The van der Waals surface area contributed by atoms with Crippen molar-refractivity contribution in [1.29, 1.82) is 0 Å². The van der Waals surface area contributed by atoms with Crippen LogP contribution < -0.4 is 0 Å². The highest BCUT2D eigenvalue weighted by Crippen LogP contribution is 2.23. The number of benzene rings is 1. The molecule has 1 atom stereocenters. The quantitative estimate of drug-likeness (QED) is 0.905. The fourth-order valence-electron chi connectivity index (χ4n) is 2.49. The lowest BCUT2D eigenvalue weighted by Gasteiger charge is -2.38. The number of nitrogens with zero attached hydrogens (tertiary/aromatic N) is 2. The summed E-state index contributed by atoms with van der Waals surface area (Å²) < 4.78 is 0. The molecule has 0 amide bonds. The van der Waals surface area contributed by atoms with Gasteiger partial charge in [0.1, 0.15) is 0 Å². The van der Waals surface area contributed by atoms with Gasteiger partial charge in [0.25, 0.3) is 0 Å². The average molecular weight is 269 g/mol. The normalized spacial score (nSPS) is 19.9. The highest BCUT2D eigenvalue weighted by molar-refractivity contribution is 6.30. The average Bonchev–Trinajstić information content (AvgIpc) is 2.39. The number of hydrogen-bond acceptors (Lipinski definition) is 3. The zero-order valence-corrected chi connectivity index (χ0v) is 11.6. The van der Waals surface area contributed by atoms with Gasteiger partial charge in [0.15, 0.2) is 0 Å². The van der Waals surface area contributed by atoms with E-state index in [1.54, 1.807) is 0 Å². The number of hydrogen-bond donors (Lipinski definition) is 1. The van der Waals surface area contributed by atoms with Crippen molar-refractivity contribution in [2.75, 3.05) is 39.3 Å². The minimum absolute atomic E-state index is 0.254. The van der Waals surface area contributed by atoms with Crippen molar-refractivity contribution in [1.82, 2.24) is 9.80 Å². The van der Waals surface area contributed by atoms with Crippen molar-refractivity contribution >= 4 is 11.6 Å². The van der Waals surface area contributed by atoms with Crippen LogP contribution in [0.3, 0.4) is 0 Å². The highest BCUT2D eigenvalue weighted by Gasteiger charge is 2.21. The van der Waals surface area contributed by atoms with Crippen LogP contribution in [0.1, 0.15) is 18.5 Å². The minimum Gasteiger partial charge on any atom is -0.395 e. The highest BCUT2D eigenvalue weighted by atomic mass is 35.5. The Morgan fingerprint density at radius 2 is 2.00 bits per heavy atom. The molecule has 0 saturated carbocycles. The second-order valence-electron chi connectivity index (χ2n) is 4.83. The number of aliphatic hydroxyl groups excluding tert-OH is 1. The van der Waals surface area contributed by atoms with Crippen molar-refractivity contribution < 1.29 is 5.11 Å². The van der Waals surface area contributed by atoms with Crippen LogP contribution in [0.25, 0.3) is 0 Å². The van der Waals surface area contributed by atoms with Gasteiger partial charge in [0.05, 0.1) is 6.61 Å². The van der Waals surface area contributed by atoms with Crippen molar-refractivity contribution in [3.05, 3.63) is 34.9 Å². The maximum atomic E-state index is 8.93. The van der Waals surface area contributed by atoms with Crippen molar-refractivity contribution in [3.63, 3.8) is 0 Å². The molecule has 4 heteroatoms. The van der Waals surface area contributed by atoms with E-state index >= 15 is 0 Å². The predicted molar refractivity (Wildman–Crippen MR) is 75.0 cm³/mol. The van der Waals surface area contributed by atoms with Crippen LogP contribution in [-0.2, 0) is 0 Å². The first-order chi connectivity index (χ1) is 8.70. The summed E-state index contributed by atoms with van der Waals surface area (Å²) in [6.45, 7) is 7.44. The molecular weight excluding hydrogens is 248 g/mol. The lowest BCUT2D eigenvalue weighted by Crippen LogP contribution is -2.47. The van der Waals surface area contributed by atoms with Crippen LogP contribution in [0, 0.1) is 0 Å². The van der Waals surface area contributed by atoms with Gasteiger partial charge in [-0.25, -0.2) is 0 Å². The Kier molecular flexibility index (Phi) is 5.01. The Morgan fingerprint density at radius 3 is 2.61 bits per heavy atom. The Hall–Kier alpha value is -0.610. The molecule has 2 rings (SSSR count). The third-order valence-electron chi connectivity index (χ3n) is 3.70. The molecule has 1 aliphatic heterocycles. The van der Waals surface area contributed by atoms with Crippen molar-refractivity contribution in [3.8, 4) is 0 Å². The zero-order chi connectivity index (χ0) is 13.0. The van der Waals surface area contributed by atoms with Gasteiger partial charge in [-0.15, -0.1) is 0 Å². The molecule has 1 aromatic carbocycles.